The molecule has 1 aromatic rings. The first-order valence-corrected chi connectivity index (χ1v) is 7.42. The van der Waals surface area contributed by atoms with Crippen molar-refractivity contribution in [2.75, 3.05) is 6.61 Å². The van der Waals surface area contributed by atoms with Crippen LogP contribution in [-0.4, -0.2) is 35.7 Å². The minimum Gasteiger partial charge on any atom is -0.508 e. The molecule has 1 rings (SSSR count). The van der Waals surface area contributed by atoms with E-state index in [2.05, 4.69) is 4.84 Å². The second-order valence-electron chi connectivity index (χ2n) is 4.09. The van der Waals surface area contributed by atoms with Crippen LogP contribution in [0.15, 0.2) is 23.1 Å². The van der Waals surface area contributed by atoms with Gasteiger partial charge in [0.25, 0.3) is 15.2 Å². The first-order valence-electron chi connectivity index (χ1n) is 5.98. The Bertz CT molecular complexity index is 656. The van der Waals surface area contributed by atoms with Crippen molar-refractivity contribution in [2.24, 2.45) is 0 Å². The maximum absolute atomic E-state index is 11.5. The summed E-state index contributed by atoms with van der Waals surface area (Å²) in [6.07, 6.45) is 0.329. The predicted octanol–water partition coefficient (Wildman–Crippen LogP) is 0.923. The van der Waals surface area contributed by atoms with Crippen LogP contribution in [0.4, 0.5) is 0 Å². The Balaban J connectivity index is 2.60. The summed E-state index contributed by atoms with van der Waals surface area (Å²) in [6, 6.07) is 2.84. The standard InChI is InChI=1S/C11H13NO9S/c13-8-4-5-9(10(7-8)22(17,18)19)21-11(14)3-1-2-6-20-12(15)16/h4-5,7,13H,1-3,6H2,(H,17,18,19). The lowest BCUT2D eigenvalue weighted by atomic mass is 10.2. The Morgan fingerprint density at radius 2 is 2.00 bits per heavy atom. The molecule has 0 aliphatic heterocycles. The third-order valence-electron chi connectivity index (χ3n) is 2.40. The molecule has 0 amide bonds. The Morgan fingerprint density at radius 3 is 2.59 bits per heavy atom. The van der Waals surface area contributed by atoms with Crippen LogP contribution in [0.2, 0.25) is 0 Å². The molecule has 0 saturated carbocycles. The van der Waals surface area contributed by atoms with E-state index in [1.54, 1.807) is 0 Å². The lowest BCUT2D eigenvalue weighted by molar-refractivity contribution is -0.757. The third kappa shape index (κ3) is 5.93. The van der Waals surface area contributed by atoms with E-state index in [4.69, 9.17) is 9.29 Å². The second-order valence-corrected chi connectivity index (χ2v) is 5.48. The minimum absolute atomic E-state index is 0.132. The zero-order valence-corrected chi connectivity index (χ0v) is 12.0. The molecule has 22 heavy (non-hydrogen) atoms. The van der Waals surface area contributed by atoms with Gasteiger partial charge in [-0.3, -0.25) is 9.35 Å². The molecule has 0 aromatic heterocycles. The summed E-state index contributed by atoms with van der Waals surface area (Å²) in [6.45, 7) is -0.171. The number of unbranched alkanes of at least 4 members (excludes halogenated alkanes) is 1. The van der Waals surface area contributed by atoms with Gasteiger partial charge in [0.05, 0.1) is 6.61 Å². The summed E-state index contributed by atoms with van der Waals surface area (Å²) >= 11 is 0. The van der Waals surface area contributed by atoms with Crippen LogP contribution in [-0.2, 0) is 19.8 Å². The van der Waals surface area contributed by atoms with E-state index in [1.165, 1.54) is 0 Å². The van der Waals surface area contributed by atoms with Gasteiger partial charge in [-0.1, -0.05) is 0 Å². The summed E-state index contributed by atoms with van der Waals surface area (Å²) in [5.74, 6) is -1.65. The molecule has 0 unspecified atom stereocenters. The van der Waals surface area contributed by atoms with Gasteiger partial charge in [-0.15, -0.1) is 10.1 Å². The third-order valence-corrected chi connectivity index (χ3v) is 3.28. The van der Waals surface area contributed by atoms with Crippen LogP contribution in [0.25, 0.3) is 0 Å². The molecule has 11 heteroatoms. The van der Waals surface area contributed by atoms with Gasteiger partial charge >= 0.3 is 5.97 Å². The highest BCUT2D eigenvalue weighted by Gasteiger charge is 2.19. The van der Waals surface area contributed by atoms with Crippen molar-refractivity contribution >= 4 is 16.1 Å². The highest BCUT2D eigenvalue weighted by Crippen LogP contribution is 2.28. The van der Waals surface area contributed by atoms with E-state index >= 15 is 0 Å². The number of aromatic hydroxyl groups is 1. The SMILES string of the molecule is O=C(CCCCO[N+](=O)[O-])Oc1ccc(O)cc1S(=O)(=O)O. The Labute approximate surface area is 125 Å². The summed E-state index contributed by atoms with van der Waals surface area (Å²) in [7, 11) is -4.67. The summed E-state index contributed by atoms with van der Waals surface area (Å²) in [5, 5.41) is 18.1. The van der Waals surface area contributed by atoms with E-state index in [9.17, 15) is 28.4 Å². The summed E-state index contributed by atoms with van der Waals surface area (Å²) in [5.41, 5.74) is 0. The summed E-state index contributed by atoms with van der Waals surface area (Å²) in [4.78, 5) is 24.7. The molecule has 2 N–H and O–H groups in total. The van der Waals surface area contributed by atoms with Gasteiger partial charge in [0.1, 0.15) is 10.6 Å². The quantitative estimate of drug-likeness (QED) is 0.176. The van der Waals surface area contributed by atoms with Crippen molar-refractivity contribution in [1.82, 2.24) is 0 Å². The van der Waals surface area contributed by atoms with Crippen LogP contribution >= 0.6 is 0 Å². The fourth-order valence-corrected chi connectivity index (χ4v) is 2.10. The fraction of sp³-hybridized carbons (Fsp3) is 0.364. The van der Waals surface area contributed by atoms with Crippen LogP contribution in [0, 0.1) is 10.1 Å². The Kier molecular flexibility index (Phi) is 6.07. The Morgan fingerprint density at radius 1 is 1.32 bits per heavy atom. The molecule has 0 spiro atoms. The first-order chi connectivity index (χ1) is 10.2. The van der Waals surface area contributed by atoms with Gasteiger partial charge in [-0.05, 0) is 25.0 Å². The number of phenols is 1. The van der Waals surface area contributed by atoms with Gasteiger partial charge < -0.3 is 14.7 Å². The topological polar surface area (TPSA) is 153 Å². The average molecular weight is 335 g/mol. The molecule has 0 radical (unpaired) electrons. The number of benzene rings is 1. The van der Waals surface area contributed by atoms with Crippen molar-refractivity contribution in [3.8, 4) is 11.5 Å². The van der Waals surface area contributed by atoms with Gasteiger partial charge in [-0.2, -0.15) is 8.42 Å². The number of carbonyl (C=O) groups is 1. The van der Waals surface area contributed by atoms with E-state index in [0.29, 0.717) is 0 Å². The molecular formula is C11H13NO9S. The minimum atomic E-state index is -4.67. The smallest absolute Gasteiger partial charge is 0.311 e. The maximum Gasteiger partial charge on any atom is 0.311 e. The highest BCUT2D eigenvalue weighted by molar-refractivity contribution is 7.86. The second kappa shape index (κ2) is 7.56. The summed E-state index contributed by atoms with van der Waals surface area (Å²) < 4.78 is 36.0. The van der Waals surface area contributed by atoms with Crippen molar-refractivity contribution in [2.45, 2.75) is 24.2 Å². The number of phenolic OH excluding ortho intramolecular Hbond substituents is 1. The average Bonchev–Trinajstić information content (AvgIpc) is 2.39. The lowest BCUT2D eigenvalue weighted by Crippen LogP contribution is -2.11. The number of carbonyl (C=O) groups excluding carboxylic acids is 1. The van der Waals surface area contributed by atoms with Gasteiger partial charge in [0.2, 0.25) is 0 Å². The van der Waals surface area contributed by atoms with Crippen LogP contribution < -0.4 is 4.74 Å². The van der Waals surface area contributed by atoms with Crippen LogP contribution in [0.1, 0.15) is 19.3 Å². The molecule has 0 saturated heterocycles. The Hall–Kier alpha value is -2.40. The van der Waals surface area contributed by atoms with E-state index in [-0.39, 0.29) is 25.9 Å². The molecule has 10 nitrogen and oxygen atoms in total. The van der Waals surface area contributed by atoms with Crippen molar-refractivity contribution in [1.29, 1.82) is 0 Å². The first kappa shape index (κ1) is 17.7. The van der Waals surface area contributed by atoms with Gasteiger partial charge in [0.15, 0.2) is 5.75 Å². The van der Waals surface area contributed by atoms with Crippen molar-refractivity contribution in [3.63, 3.8) is 0 Å². The van der Waals surface area contributed by atoms with E-state index < -0.39 is 37.6 Å². The molecule has 0 heterocycles. The molecule has 0 fully saturated rings. The van der Waals surface area contributed by atoms with Gasteiger partial charge in [0, 0.05) is 12.5 Å². The molecule has 0 aliphatic carbocycles. The van der Waals surface area contributed by atoms with Gasteiger partial charge in [-0.25, -0.2) is 0 Å². The van der Waals surface area contributed by atoms with Crippen molar-refractivity contribution < 1.29 is 37.5 Å². The molecule has 0 aliphatic rings. The number of rotatable bonds is 8. The van der Waals surface area contributed by atoms with Crippen LogP contribution in [0.5, 0.6) is 11.5 Å². The molecule has 1 aromatic carbocycles. The maximum atomic E-state index is 11.5. The predicted molar refractivity (Wildman–Crippen MR) is 70.4 cm³/mol. The number of esters is 1. The van der Waals surface area contributed by atoms with E-state index in [1.807, 2.05) is 0 Å². The monoisotopic (exact) mass is 335 g/mol. The number of ether oxygens (including phenoxy) is 1. The zero-order valence-electron chi connectivity index (χ0n) is 11.2. The largest absolute Gasteiger partial charge is 0.508 e. The molecule has 122 valence electrons. The number of hydrogen-bond acceptors (Lipinski definition) is 8. The zero-order chi connectivity index (χ0) is 16.8. The highest BCUT2D eigenvalue weighted by atomic mass is 32.2. The molecule has 0 atom stereocenters. The van der Waals surface area contributed by atoms with E-state index in [0.717, 1.165) is 18.2 Å². The van der Waals surface area contributed by atoms with Crippen LogP contribution in [0.3, 0.4) is 0 Å². The number of nitrogens with zero attached hydrogens (tertiary/aromatic N) is 1. The fourth-order valence-electron chi connectivity index (χ4n) is 1.47. The molecule has 0 bridgehead atoms. The number of hydrogen-bond donors (Lipinski definition) is 2. The van der Waals surface area contributed by atoms with Crippen molar-refractivity contribution in [3.05, 3.63) is 28.3 Å². The lowest BCUT2D eigenvalue weighted by Gasteiger charge is -2.08. The molecular weight excluding hydrogens is 322 g/mol. The normalized spacial score (nSPS) is 11.0.